The van der Waals surface area contributed by atoms with Crippen molar-refractivity contribution in [1.29, 1.82) is 0 Å². The number of hydrogen-bond donors (Lipinski definition) is 1. The molecule has 28 heavy (non-hydrogen) atoms. The molecule has 0 bridgehead atoms. The molecule has 4 rings (SSSR count). The molecule has 2 heterocycles. The molecule has 4 aromatic rings. The summed E-state index contributed by atoms with van der Waals surface area (Å²) in [4.78, 5) is 16.8. The van der Waals surface area contributed by atoms with E-state index < -0.39 is 0 Å². The Morgan fingerprint density at radius 1 is 0.964 bits per heavy atom. The molecule has 2 aromatic heterocycles. The van der Waals surface area contributed by atoms with Gasteiger partial charge in [-0.25, -0.2) is 4.68 Å². The molecule has 0 atom stereocenters. The highest BCUT2D eigenvalue weighted by molar-refractivity contribution is 6.04. The zero-order valence-corrected chi connectivity index (χ0v) is 15.2. The zero-order chi connectivity index (χ0) is 19.3. The van der Waals surface area contributed by atoms with E-state index in [1.807, 2.05) is 48.5 Å². The number of aromatic nitrogens is 3. The van der Waals surface area contributed by atoms with Gasteiger partial charge in [0.1, 0.15) is 11.6 Å². The summed E-state index contributed by atoms with van der Waals surface area (Å²) in [6.45, 7) is 0. The smallest absolute Gasteiger partial charge is 0.256 e. The van der Waals surface area contributed by atoms with Gasteiger partial charge in [0.2, 0.25) is 0 Å². The lowest BCUT2D eigenvalue weighted by Crippen LogP contribution is -2.15. The number of carbonyl (C=O) groups excluding carboxylic acids is 1. The predicted octanol–water partition coefficient (Wildman–Crippen LogP) is 4.20. The molecule has 0 saturated heterocycles. The van der Waals surface area contributed by atoms with Crippen LogP contribution in [-0.2, 0) is 0 Å². The number of ether oxygens (including phenoxy) is 1. The monoisotopic (exact) mass is 370 g/mol. The topological polar surface area (TPSA) is 69.0 Å². The first kappa shape index (κ1) is 17.5. The van der Waals surface area contributed by atoms with E-state index in [1.165, 1.54) is 0 Å². The van der Waals surface area contributed by atoms with Crippen LogP contribution in [0.15, 0.2) is 85.2 Å². The number of pyridine rings is 1. The average molecular weight is 370 g/mol. The molecule has 0 radical (unpaired) electrons. The maximum Gasteiger partial charge on any atom is 0.256 e. The molecule has 6 nitrogen and oxygen atoms in total. The minimum Gasteiger partial charge on any atom is -0.497 e. The Labute approximate surface area is 162 Å². The van der Waals surface area contributed by atoms with Crippen LogP contribution in [0.1, 0.15) is 10.4 Å². The van der Waals surface area contributed by atoms with Crippen molar-refractivity contribution in [3.8, 4) is 22.7 Å². The van der Waals surface area contributed by atoms with Crippen LogP contribution in [0.25, 0.3) is 16.9 Å². The molecular formula is C22H18N4O2. The highest BCUT2D eigenvalue weighted by Crippen LogP contribution is 2.25. The third-order valence-corrected chi connectivity index (χ3v) is 4.26. The van der Waals surface area contributed by atoms with E-state index in [4.69, 9.17) is 4.74 Å². The number of benzene rings is 2. The molecule has 0 spiro atoms. The van der Waals surface area contributed by atoms with Gasteiger partial charge in [-0.05, 0) is 42.5 Å². The molecule has 138 valence electrons. The summed E-state index contributed by atoms with van der Waals surface area (Å²) in [6, 6.07) is 22.3. The first-order valence-electron chi connectivity index (χ1n) is 8.76. The Kier molecular flexibility index (Phi) is 4.84. The quantitative estimate of drug-likeness (QED) is 0.572. The number of nitrogens with one attached hydrogen (secondary N) is 1. The van der Waals surface area contributed by atoms with E-state index in [0.29, 0.717) is 17.1 Å². The van der Waals surface area contributed by atoms with Gasteiger partial charge < -0.3 is 10.1 Å². The summed E-state index contributed by atoms with van der Waals surface area (Å²) in [5, 5.41) is 7.64. The Balaban J connectivity index is 1.72. The molecule has 0 aliphatic carbocycles. The molecule has 0 saturated carbocycles. The SMILES string of the molecule is COc1cccc(C(=O)Nc2cc(-c3ccncc3)nn2-c2ccccc2)c1. The van der Waals surface area contributed by atoms with E-state index in [-0.39, 0.29) is 5.91 Å². The first-order valence-corrected chi connectivity index (χ1v) is 8.76. The molecule has 6 heteroatoms. The van der Waals surface area contributed by atoms with E-state index in [2.05, 4.69) is 15.4 Å². The lowest BCUT2D eigenvalue weighted by molar-refractivity contribution is 0.102. The van der Waals surface area contributed by atoms with Crippen LogP contribution in [0.2, 0.25) is 0 Å². The summed E-state index contributed by atoms with van der Waals surface area (Å²) >= 11 is 0. The van der Waals surface area contributed by atoms with Gasteiger partial charge in [-0.1, -0.05) is 24.3 Å². The second kappa shape index (κ2) is 7.75. The number of hydrogen-bond acceptors (Lipinski definition) is 4. The number of para-hydroxylation sites is 1. The molecule has 2 aromatic carbocycles. The number of anilines is 1. The van der Waals surface area contributed by atoms with Crippen molar-refractivity contribution in [1.82, 2.24) is 14.8 Å². The van der Waals surface area contributed by atoms with Crippen molar-refractivity contribution in [3.63, 3.8) is 0 Å². The zero-order valence-electron chi connectivity index (χ0n) is 15.2. The summed E-state index contributed by atoms with van der Waals surface area (Å²) < 4.78 is 6.92. The van der Waals surface area contributed by atoms with E-state index in [9.17, 15) is 4.79 Å². The summed E-state index contributed by atoms with van der Waals surface area (Å²) in [6.07, 6.45) is 3.43. The highest BCUT2D eigenvalue weighted by atomic mass is 16.5. The lowest BCUT2D eigenvalue weighted by atomic mass is 10.2. The van der Waals surface area contributed by atoms with Crippen molar-refractivity contribution >= 4 is 11.7 Å². The minimum atomic E-state index is -0.239. The van der Waals surface area contributed by atoms with Crippen LogP contribution in [0, 0.1) is 0 Å². The Hall–Kier alpha value is -3.93. The van der Waals surface area contributed by atoms with Crippen molar-refractivity contribution < 1.29 is 9.53 Å². The fourth-order valence-corrected chi connectivity index (χ4v) is 2.85. The van der Waals surface area contributed by atoms with Gasteiger partial charge in [0.25, 0.3) is 5.91 Å². The molecule has 0 aliphatic rings. The van der Waals surface area contributed by atoms with Crippen LogP contribution in [0.3, 0.4) is 0 Å². The molecule has 0 aliphatic heterocycles. The van der Waals surface area contributed by atoms with Gasteiger partial charge in [-0.2, -0.15) is 5.10 Å². The summed E-state index contributed by atoms with van der Waals surface area (Å²) in [5.41, 5.74) is 3.02. The number of rotatable bonds is 5. The predicted molar refractivity (Wildman–Crippen MR) is 108 cm³/mol. The molecule has 1 N–H and O–H groups in total. The summed E-state index contributed by atoms with van der Waals surface area (Å²) in [5.74, 6) is 0.963. The maximum atomic E-state index is 12.8. The lowest BCUT2D eigenvalue weighted by Gasteiger charge is -2.09. The van der Waals surface area contributed by atoms with Crippen LogP contribution in [0.4, 0.5) is 5.82 Å². The third-order valence-electron chi connectivity index (χ3n) is 4.26. The third kappa shape index (κ3) is 3.61. The van der Waals surface area contributed by atoms with Gasteiger partial charge in [-0.15, -0.1) is 0 Å². The fraction of sp³-hybridized carbons (Fsp3) is 0.0455. The molecule has 0 fully saturated rings. The highest BCUT2D eigenvalue weighted by Gasteiger charge is 2.15. The molecule has 1 amide bonds. The number of carbonyl (C=O) groups is 1. The van der Waals surface area contributed by atoms with Crippen molar-refractivity contribution in [3.05, 3.63) is 90.8 Å². The van der Waals surface area contributed by atoms with Crippen LogP contribution < -0.4 is 10.1 Å². The Morgan fingerprint density at radius 3 is 2.50 bits per heavy atom. The Bertz CT molecular complexity index is 1090. The second-order valence-corrected chi connectivity index (χ2v) is 6.08. The van der Waals surface area contributed by atoms with Crippen LogP contribution in [-0.4, -0.2) is 27.8 Å². The number of amides is 1. The fourth-order valence-electron chi connectivity index (χ4n) is 2.85. The normalized spacial score (nSPS) is 10.5. The second-order valence-electron chi connectivity index (χ2n) is 6.08. The van der Waals surface area contributed by atoms with Gasteiger partial charge >= 0.3 is 0 Å². The van der Waals surface area contributed by atoms with Gasteiger partial charge in [0.05, 0.1) is 18.5 Å². The van der Waals surface area contributed by atoms with Gasteiger partial charge in [0, 0.05) is 29.6 Å². The maximum absolute atomic E-state index is 12.8. The van der Waals surface area contributed by atoms with Crippen molar-refractivity contribution in [2.24, 2.45) is 0 Å². The number of methoxy groups -OCH3 is 1. The van der Waals surface area contributed by atoms with Gasteiger partial charge in [0.15, 0.2) is 0 Å². The standard InChI is InChI=1S/C22H18N4O2/c1-28-19-9-5-6-17(14-19)22(27)24-21-15-20(16-10-12-23-13-11-16)25-26(21)18-7-3-2-4-8-18/h2-15H,1H3,(H,24,27). The minimum absolute atomic E-state index is 0.239. The molecule has 0 unspecified atom stereocenters. The van der Waals surface area contributed by atoms with Crippen LogP contribution >= 0.6 is 0 Å². The average Bonchev–Trinajstić information content (AvgIpc) is 3.19. The van der Waals surface area contributed by atoms with E-state index >= 15 is 0 Å². The van der Waals surface area contributed by atoms with Gasteiger partial charge in [-0.3, -0.25) is 9.78 Å². The number of nitrogens with zero attached hydrogens (tertiary/aromatic N) is 3. The van der Waals surface area contributed by atoms with Crippen LogP contribution in [0.5, 0.6) is 5.75 Å². The van der Waals surface area contributed by atoms with Crippen molar-refractivity contribution in [2.75, 3.05) is 12.4 Å². The first-order chi connectivity index (χ1) is 13.7. The molecular weight excluding hydrogens is 352 g/mol. The Morgan fingerprint density at radius 2 is 1.75 bits per heavy atom. The van der Waals surface area contributed by atoms with E-state index in [0.717, 1.165) is 16.9 Å². The van der Waals surface area contributed by atoms with Crippen molar-refractivity contribution in [2.45, 2.75) is 0 Å². The van der Waals surface area contributed by atoms with E-state index in [1.54, 1.807) is 48.5 Å². The largest absolute Gasteiger partial charge is 0.497 e. The summed E-state index contributed by atoms with van der Waals surface area (Å²) in [7, 11) is 1.57.